The van der Waals surface area contributed by atoms with Gasteiger partial charge in [0, 0.05) is 12.6 Å². The molecule has 24 heavy (non-hydrogen) atoms. The molecule has 10 heteroatoms. The monoisotopic (exact) mass is 364 g/mol. The van der Waals surface area contributed by atoms with Crippen LogP contribution in [0.25, 0.3) is 0 Å². The molecule has 0 bridgehead atoms. The fraction of sp³-hybridized carbons (Fsp3) is 0.429. The Balaban J connectivity index is 1.98. The van der Waals surface area contributed by atoms with Crippen LogP contribution in [0.4, 0.5) is 18.9 Å². The van der Waals surface area contributed by atoms with Crippen LogP contribution in [0.1, 0.15) is 12.5 Å². The fourth-order valence-electron chi connectivity index (χ4n) is 1.94. The third-order valence-electron chi connectivity index (χ3n) is 2.91. The number of ether oxygens (including phenoxy) is 3. The van der Waals surface area contributed by atoms with Crippen molar-refractivity contribution in [2.24, 2.45) is 0 Å². The summed E-state index contributed by atoms with van der Waals surface area (Å²) in [5.41, 5.74) is -0.645. The zero-order valence-electron chi connectivity index (χ0n) is 12.6. The number of hydrogen-bond acceptors (Lipinski definition) is 5. The standard InChI is InChI=1S/C14H15F3N2O4S/c1-8(20)23-12-11(21-5-6-22-12)19-13(24)18-10-4-2-3-9(7-10)14(15,16)17/h2-4,7,11-12H,5-6H2,1H3,(H2,18,19,24)/t11-,12-/m1/s1. The first kappa shape index (κ1) is 18.4. The lowest BCUT2D eigenvalue weighted by Crippen LogP contribution is -2.52. The molecule has 1 aliphatic rings. The molecule has 2 atom stereocenters. The normalized spacial score (nSPS) is 21.0. The van der Waals surface area contributed by atoms with Crippen LogP contribution in [-0.4, -0.2) is 36.8 Å². The predicted octanol–water partition coefficient (Wildman–Crippen LogP) is 2.25. The second-order valence-corrected chi connectivity index (χ2v) is 5.23. The van der Waals surface area contributed by atoms with Gasteiger partial charge in [0.25, 0.3) is 0 Å². The van der Waals surface area contributed by atoms with Gasteiger partial charge < -0.3 is 24.8 Å². The second-order valence-electron chi connectivity index (χ2n) is 4.82. The number of thiocarbonyl (C=S) groups is 1. The quantitative estimate of drug-likeness (QED) is 0.630. The lowest BCUT2D eigenvalue weighted by atomic mass is 10.2. The number of hydrogen-bond donors (Lipinski definition) is 2. The van der Waals surface area contributed by atoms with Gasteiger partial charge >= 0.3 is 12.1 Å². The molecule has 0 aromatic heterocycles. The van der Waals surface area contributed by atoms with E-state index < -0.39 is 30.2 Å². The summed E-state index contributed by atoms with van der Waals surface area (Å²) in [4.78, 5) is 11.0. The van der Waals surface area contributed by atoms with Gasteiger partial charge in [0.05, 0.1) is 18.8 Å². The minimum absolute atomic E-state index is 0.00183. The Labute approximate surface area is 141 Å². The lowest BCUT2D eigenvalue weighted by molar-refractivity contribution is -0.244. The van der Waals surface area contributed by atoms with Crippen molar-refractivity contribution < 1.29 is 32.2 Å². The van der Waals surface area contributed by atoms with E-state index in [4.69, 9.17) is 26.4 Å². The number of nitrogens with one attached hydrogen (secondary N) is 2. The van der Waals surface area contributed by atoms with Crippen LogP contribution in [-0.2, 0) is 25.2 Å². The van der Waals surface area contributed by atoms with Gasteiger partial charge in [0.1, 0.15) is 0 Å². The highest BCUT2D eigenvalue weighted by atomic mass is 32.1. The van der Waals surface area contributed by atoms with Crippen LogP contribution in [0.3, 0.4) is 0 Å². The van der Waals surface area contributed by atoms with Crippen molar-refractivity contribution >= 4 is 29.0 Å². The van der Waals surface area contributed by atoms with Crippen LogP contribution in [0.2, 0.25) is 0 Å². The summed E-state index contributed by atoms with van der Waals surface area (Å²) in [5, 5.41) is 5.32. The molecule has 2 rings (SSSR count). The van der Waals surface area contributed by atoms with E-state index in [1.54, 1.807) is 0 Å². The molecule has 1 fully saturated rings. The van der Waals surface area contributed by atoms with Gasteiger partial charge in [-0.25, -0.2) is 0 Å². The first-order valence-electron chi connectivity index (χ1n) is 6.91. The summed E-state index contributed by atoms with van der Waals surface area (Å²) < 4.78 is 53.6. The van der Waals surface area contributed by atoms with Crippen molar-refractivity contribution in [2.45, 2.75) is 25.6 Å². The van der Waals surface area contributed by atoms with Gasteiger partial charge in [-0.3, -0.25) is 4.79 Å². The minimum Gasteiger partial charge on any atom is -0.431 e. The Bertz CT molecular complexity index is 612. The summed E-state index contributed by atoms with van der Waals surface area (Å²) in [6.07, 6.45) is -6.32. The molecule has 2 N–H and O–H groups in total. The number of carbonyl (C=O) groups excluding carboxylic acids is 1. The molecule has 1 aromatic rings. The average Bonchev–Trinajstić information content (AvgIpc) is 2.48. The molecule has 1 saturated heterocycles. The molecule has 1 aliphatic heterocycles. The zero-order chi connectivity index (χ0) is 17.7. The molecular formula is C14H15F3N2O4S. The molecule has 0 aliphatic carbocycles. The van der Waals surface area contributed by atoms with Crippen molar-refractivity contribution in [3.63, 3.8) is 0 Å². The maximum atomic E-state index is 12.7. The molecule has 1 heterocycles. The van der Waals surface area contributed by atoms with Gasteiger partial charge in [-0.05, 0) is 30.4 Å². The Hall–Kier alpha value is -1.91. The van der Waals surface area contributed by atoms with Crippen molar-refractivity contribution in [3.05, 3.63) is 29.8 Å². The Morgan fingerprint density at radius 3 is 2.71 bits per heavy atom. The minimum atomic E-state index is -4.45. The zero-order valence-corrected chi connectivity index (χ0v) is 13.4. The van der Waals surface area contributed by atoms with Crippen LogP contribution < -0.4 is 10.6 Å². The first-order valence-corrected chi connectivity index (χ1v) is 7.32. The summed E-state index contributed by atoms with van der Waals surface area (Å²) in [7, 11) is 0. The molecular weight excluding hydrogens is 349 g/mol. The number of carbonyl (C=O) groups is 1. The third kappa shape index (κ3) is 5.32. The fourth-order valence-corrected chi connectivity index (χ4v) is 2.18. The topological polar surface area (TPSA) is 68.8 Å². The molecule has 132 valence electrons. The smallest absolute Gasteiger partial charge is 0.416 e. The lowest BCUT2D eigenvalue weighted by Gasteiger charge is -2.32. The van der Waals surface area contributed by atoms with E-state index in [9.17, 15) is 18.0 Å². The highest BCUT2D eigenvalue weighted by Crippen LogP contribution is 2.30. The number of anilines is 1. The molecule has 1 aromatic carbocycles. The highest BCUT2D eigenvalue weighted by molar-refractivity contribution is 7.80. The number of alkyl halides is 3. The number of rotatable bonds is 3. The summed E-state index contributed by atoms with van der Waals surface area (Å²) in [6, 6.07) is 4.58. The van der Waals surface area contributed by atoms with Gasteiger partial charge in [0.2, 0.25) is 6.29 Å². The van der Waals surface area contributed by atoms with E-state index in [1.165, 1.54) is 19.1 Å². The van der Waals surface area contributed by atoms with Gasteiger partial charge in [-0.15, -0.1) is 0 Å². The Morgan fingerprint density at radius 1 is 1.33 bits per heavy atom. The van der Waals surface area contributed by atoms with E-state index in [0.717, 1.165) is 12.1 Å². The van der Waals surface area contributed by atoms with E-state index in [1.807, 2.05) is 0 Å². The van der Waals surface area contributed by atoms with E-state index in [-0.39, 0.29) is 24.0 Å². The SMILES string of the molecule is CC(=O)O[C@H]1OCCO[C@H]1NC(=S)Nc1cccc(C(F)(F)F)c1. The Kier molecular flexibility index (Phi) is 5.97. The number of halogens is 3. The third-order valence-corrected chi connectivity index (χ3v) is 3.13. The van der Waals surface area contributed by atoms with E-state index in [2.05, 4.69) is 10.6 Å². The predicted molar refractivity (Wildman–Crippen MR) is 82.0 cm³/mol. The van der Waals surface area contributed by atoms with Crippen molar-refractivity contribution in [1.82, 2.24) is 5.32 Å². The van der Waals surface area contributed by atoms with Crippen LogP contribution in [0.5, 0.6) is 0 Å². The van der Waals surface area contributed by atoms with Gasteiger partial charge in [-0.2, -0.15) is 13.2 Å². The van der Waals surface area contributed by atoms with Crippen LogP contribution in [0, 0.1) is 0 Å². The second kappa shape index (κ2) is 7.77. The summed E-state index contributed by atoms with van der Waals surface area (Å²) >= 11 is 5.04. The average molecular weight is 364 g/mol. The molecule has 0 unspecified atom stereocenters. The van der Waals surface area contributed by atoms with Crippen molar-refractivity contribution in [1.29, 1.82) is 0 Å². The first-order chi connectivity index (χ1) is 11.3. The maximum Gasteiger partial charge on any atom is 0.416 e. The molecule has 0 radical (unpaired) electrons. The van der Waals surface area contributed by atoms with Crippen LogP contribution in [0.15, 0.2) is 24.3 Å². The molecule has 6 nitrogen and oxygen atoms in total. The molecule has 0 amide bonds. The maximum absolute atomic E-state index is 12.7. The van der Waals surface area contributed by atoms with Gasteiger partial charge in [-0.1, -0.05) is 6.07 Å². The van der Waals surface area contributed by atoms with Crippen LogP contribution >= 0.6 is 12.2 Å². The number of benzene rings is 1. The molecule has 0 spiro atoms. The summed E-state index contributed by atoms with van der Waals surface area (Å²) in [5.74, 6) is -0.561. The largest absolute Gasteiger partial charge is 0.431 e. The van der Waals surface area contributed by atoms with Gasteiger partial charge in [0.15, 0.2) is 11.3 Å². The summed E-state index contributed by atoms with van der Waals surface area (Å²) in [6.45, 7) is 1.71. The Morgan fingerprint density at radius 2 is 2.04 bits per heavy atom. The molecule has 0 saturated carbocycles. The van der Waals surface area contributed by atoms with Crippen molar-refractivity contribution in [3.8, 4) is 0 Å². The van der Waals surface area contributed by atoms with E-state index >= 15 is 0 Å². The highest BCUT2D eigenvalue weighted by Gasteiger charge is 2.31. The van der Waals surface area contributed by atoms with Crippen molar-refractivity contribution in [2.75, 3.05) is 18.5 Å². The number of esters is 1. The van der Waals surface area contributed by atoms with E-state index in [0.29, 0.717) is 0 Å².